The molecular formula is C18H15N5O2S. The summed E-state index contributed by atoms with van der Waals surface area (Å²) < 4.78 is 29.8. The molecule has 0 saturated carbocycles. The highest BCUT2D eigenvalue weighted by Gasteiger charge is 2.19. The van der Waals surface area contributed by atoms with Gasteiger partial charge >= 0.3 is 0 Å². The Morgan fingerprint density at radius 1 is 1.12 bits per heavy atom. The topological polar surface area (TPSA) is 101 Å². The highest BCUT2D eigenvalue weighted by atomic mass is 32.2. The molecule has 0 atom stereocenters. The fourth-order valence-corrected chi connectivity index (χ4v) is 4.06. The summed E-state index contributed by atoms with van der Waals surface area (Å²) in [4.78, 5) is 0.102. The molecule has 1 aromatic heterocycles. The molecule has 26 heavy (non-hydrogen) atoms. The summed E-state index contributed by atoms with van der Waals surface area (Å²) in [6.07, 6.45) is 1.96. The lowest BCUT2D eigenvalue weighted by atomic mass is 10.2. The van der Waals surface area contributed by atoms with Gasteiger partial charge in [0.25, 0.3) is 10.0 Å². The molecule has 1 aliphatic heterocycles. The molecule has 0 aliphatic carbocycles. The lowest BCUT2D eigenvalue weighted by Gasteiger charge is -2.10. The Balaban J connectivity index is 1.63. The number of aryl methyl sites for hydroxylation is 1. The number of rotatable bonds is 4. The zero-order chi connectivity index (χ0) is 18.1. The van der Waals surface area contributed by atoms with E-state index in [1.54, 1.807) is 18.2 Å². The summed E-state index contributed by atoms with van der Waals surface area (Å²) in [7, 11) is -3.74. The molecular weight excluding hydrogens is 350 g/mol. The van der Waals surface area contributed by atoms with Crippen molar-refractivity contribution in [2.45, 2.75) is 24.3 Å². The van der Waals surface area contributed by atoms with Crippen molar-refractivity contribution in [2.24, 2.45) is 0 Å². The van der Waals surface area contributed by atoms with Crippen molar-refractivity contribution >= 4 is 15.7 Å². The molecule has 2 aromatic carbocycles. The Labute approximate surface area is 151 Å². The van der Waals surface area contributed by atoms with Crippen LogP contribution in [0.2, 0.25) is 0 Å². The molecule has 0 spiro atoms. The van der Waals surface area contributed by atoms with Gasteiger partial charge in [-0.2, -0.15) is 5.26 Å². The van der Waals surface area contributed by atoms with Gasteiger partial charge in [-0.25, -0.2) is 8.42 Å². The van der Waals surface area contributed by atoms with Gasteiger partial charge in [0.1, 0.15) is 5.82 Å². The molecule has 3 aromatic rings. The van der Waals surface area contributed by atoms with Gasteiger partial charge in [-0.05, 0) is 42.8 Å². The first-order valence-electron chi connectivity index (χ1n) is 8.12. The zero-order valence-electron chi connectivity index (χ0n) is 13.8. The number of sulfonamides is 1. The number of hydrogen-bond donors (Lipinski definition) is 1. The highest BCUT2D eigenvalue weighted by molar-refractivity contribution is 7.92. The van der Waals surface area contributed by atoms with Crippen LogP contribution in [0.4, 0.5) is 5.69 Å². The Bertz CT molecular complexity index is 1110. The summed E-state index contributed by atoms with van der Waals surface area (Å²) >= 11 is 0. The van der Waals surface area contributed by atoms with Gasteiger partial charge in [0.2, 0.25) is 0 Å². The van der Waals surface area contributed by atoms with Gasteiger partial charge in [-0.15, -0.1) is 10.2 Å². The first kappa shape index (κ1) is 16.3. The van der Waals surface area contributed by atoms with Crippen LogP contribution in [0, 0.1) is 11.3 Å². The van der Waals surface area contributed by atoms with Crippen molar-refractivity contribution in [1.29, 1.82) is 5.26 Å². The predicted molar refractivity (Wildman–Crippen MR) is 95.7 cm³/mol. The minimum Gasteiger partial charge on any atom is -0.311 e. The maximum absolute atomic E-state index is 12.6. The van der Waals surface area contributed by atoms with E-state index >= 15 is 0 Å². The Hall–Kier alpha value is -3.18. The summed E-state index contributed by atoms with van der Waals surface area (Å²) in [6, 6.07) is 14.8. The van der Waals surface area contributed by atoms with Crippen LogP contribution in [0.15, 0.2) is 53.4 Å². The molecule has 0 unspecified atom stereocenters. The largest absolute Gasteiger partial charge is 0.311 e. The van der Waals surface area contributed by atoms with Crippen molar-refractivity contribution in [3.8, 4) is 17.5 Å². The number of hydrogen-bond acceptors (Lipinski definition) is 5. The third-order valence-corrected chi connectivity index (χ3v) is 5.67. The SMILES string of the molecule is N#Cc1ccc(S(=O)(=O)Nc2cccc(-c3nnc4n3CCC4)c2)cc1. The van der Waals surface area contributed by atoms with Gasteiger partial charge in [0.15, 0.2) is 5.82 Å². The van der Waals surface area contributed by atoms with E-state index in [4.69, 9.17) is 5.26 Å². The quantitative estimate of drug-likeness (QED) is 0.766. The number of nitrogens with zero attached hydrogens (tertiary/aromatic N) is 4. The minimum atomic E-state index is -3.74. The lowest BCUT2D eigenvalue weighted by molar-refractivity contribution is 0.601. The molecule has 7 nitrogen and oxygen atoms in total. The fraction of sp³-hybridized carbons (Fsp3) is 0.167. The van der Waals surface area contributed by atoms with Crippen molar-refractivity contribution < 1.29 is 8.42 Å². The van der Waals surface area contributed by atoms with E-state index in [0.29, 0.717) is 11.3 Å². The molecule has 2 heterocycles. The molecule has 0 amide bonds. The summed E-state index contributed by atoms with van der Waals surface area (Å²) in [5.41, 5.74) is 1.67. The van der Waals surface area contributed by atoms with E-state index in [2.05, 4.69) is 19.5 Å². The van der Waals surface area contributed by atoms with Crippen molar-refractivity contribution in [3.05, 3.63) is 59.9 Å². The summed E-state index contributed by atoms with van der Waals surface area (Å²) in [5.74, 6) is 1.71. The monoisotopic (exact) mass is 365 g/mol. The fourth-order valence-electron chi connectivity index (χ4n) is 3.01. The molecule has 0 fully saturated rings. The molecule has 0 radical (unpaired) electrons. The number of aromatic nitrogens is 3. The zero-order valence-corrected chi connectivity index (χ0v) is 14.6. The van der Waals surface area contributed by atoms with Crippen LogP contribution < -0.4 is 4.72 Å². The van der Waals surface area contributed by atoms with Crippen molar-refractivity contribution in [2.75, 3.05) is 4.72 Å². The van der Waals surface area contributed by atoms with Crippen LogP contribution in [0.1, 0.15) is 17.8 Å². The first-order valence-corrected chi connectivity index (χ1v) is 9.61. The molecule has 1 N–H and O–H groups in total. The van der Waals surface area contributed by atoms with E-state index in [0.717, 1.165) is 36.6 Å². The lowest BCUT2D eigenvalue weighted by Crippen LogP contribution is -2.13. The number of fused-ring (bicyclic) bond motifs is 1. The van der Waals surface area contributed by atoms with Crippen LogP contribution in [-0.2, 0) is 23.0 Å². The van der Waals surface area contributed by atoms with Gasteiger partial charge < -0.3 is 4.57 Å². The van der Waals surface area contributed by atoms with Gasteiger partial charge in [-0.1, -0.05) is 12.1 Å². The maximum Gasteiger partial charge on any atom is 0.261 e. The first-order chi connectivity index (χ1) is 12.6. The van der Waals surface area contributed by atoms with Crippen molar-refractivity contribution in [1.82, 2.24) is 14.8 Å². The highest BCUT2D eigenvalue weighted by Crippen LogP contribution is 2.26. The molecule has 1 aliphatic rings. The van der Waals surface area contributed by atoms with Crippen LogP contribution in [0.3, 0.4) is 0 Å². The normalized spacial score (nSPS) is 13.2. The van der Waals surface area contributed by atoms with Crippen LogP contribution in [0.25, 0.3) is 11.4 Å². The van der Waals surface area contributed by atoms with E-state index in [-0.39, 0.29) is 4.90 Å². The molecule has 8 heteroatoms. The second-order valence-electron chi connectivity index (χ2n) is 6.02. The summed E-state index contributed by atoms with van der Waals surface area (Å²) in [6.45, 7) is 0.874. The number of nitrogens with one attached hydrogen (secondary N) is 1. The Morgan fingerprint density at radius 3 is 2.69 bits per heavy atom. The van der Waals surface area contributed by atoms with Crippen LogP contribution in [0.5, 0.6) is 0 Å². The average molecular weight is 365 g/mol. The molecule has 0 saturated heterocycles. The standard InChI is InChI=1S/C18H15N5O2S/c19-12-13-6-8-16(9-7-13)26(24,25)22-15-4-1-3-14(11-15)18-21-20-17-5-2-10-23(17)18/h1,3-4,6-9,11,22H,2,5,10H2. The molecule has 130 valence electrons. The van der Waals surface area contributed by atoms with E-state index in [1.165, 1.54) is 24.3 Å². The van der Waals surface area contributed by atoms with E-state index in [1.807, 2.05) is 12.1 Å². The maximum atomic E-state index is 12.6. The Kier molecular flexibility index (Phi) is 3.93. The minimum absolute atomic E-state index is 0.102. The van der Waals surface area contributed by atoms with Crippen molar-refractivity contribution in [3.63, 3.8) is 0 Å². The number of nitriles is 1. The average Bonchev–Trinajstić information content (AvgIpc) is 3.25. The van der Waals surface area contributed by atoms with Gasteiger partial charge in [0.05, 0.1) is 16.5 Å². The number of anilines is 1. The van der Waals surface area contributed by atoms with E-state index in [9.17, 15) is 8.42 Å². The second kappa shape index (κ2) is 6.28. The summed E-state index contributed by atoms with van der Waals surface area (Å²) in [5, 5.41) is 17.2. The van der Waals surface area contributed by atoms with Crippen LogP contribution in [-0.4, -0.2) is 23.2 Å². The smallest absolute Gasteiger partial charge is 0.261 e. The van der Waals surface area contributed by atoms with E-state index < -0.39 is 10.0 Å². The third-order valence-electron chi connectivity index (χ3n) is 4.28. The number of benzene rings is 2. The molecule has 4 rings (SSSR count). The van der Waals surface area contributed by atoms with Gasteiger partial charge in [0, 0.05) is 24.2 Å². The van der Waals surface area contributed by atoms with Crippen LogP contribution >= 0.6 is 0 Å². The Morgan fingerprint density at radius 2 is 1.92 bits per heavy atom. The third kappa shape index (κ3) is 2.93. The second-order valence-corrected chi connectivity index (χ2v) is 7.70. The van der Waals surface area contributed by atoms with Gasteiger partial charge in [-0.3, -0.25) is 4.72 Å². The molecule has 0 bridgehead atoms. The predicted octanol–water partition coefficient (Wildman–Crippen LogP) is 2.56.